The van der Waals surface area contributed by atoms with Gasteiger partial charge in [-0.25, -0.2) is 0 Å². The minimum absolute atomic E-state index is 0.678. The highest BCUT2D eigenvalue weighted by Gasteiger charge is 1.99. The van der Waals surface area contributed by atoms with Gasteiger partial charge in [-0.15, -0.1) is 0 Å². The average Bonchev–Trinajstić information content (AvgIpc) is 2.25. The summed E-state index contributed by atoms with van der Waals surface area (Å²) in [5.41, 5.74) is 2.51. The molecule has 2 heteroatoms. The van der Waals surface area contributed by atoms with Crippen molar-refractivity contribution >= 4 is 0 Å². The smallest absolute Gasteiger partial charge is 0.0866 e. The lowest BCUT2D eigenvalue weighted by Crippen LogP contribution is -1.91. The van der Waals surface area contributed by atoms with E-state index in [1.807, 2.05) is 0 Å². The van der Waals surface area contributed by atoms with Gasteiger partial charge in [0.05, 0.1) is 0 Å². The Morgan fingerprint density at radius 1 is 0.786 bits per heavy atom. The van der Waals surface area contributed by atoms with Crippen LogP contribution >= 0.6 is 0 Å². The Hall–Kier alpha value is -1.80. The summed E-state index contributed by atoms with van der Waals surface area (Å²) in [6.07, 6.45) is 1.80. The van der Waals surface area contributed by atoms with E-state index in [4.69, 9.17) is 13.1 Å². The van der Waals surface area contributed by atoms with E-state index >= 15 is 0 Å². The van der Waals surface area contributed by atoms with Gasteiger partial charge in [0.2, 0.25) is 0 Å². The van der Waals surface area contributed by atoms with E-state index < -0.39 is 0 Å². The Kier molecular flexibility index (Phi) is 4.24. The summed E-state index contributed by atoms with van der Waals surface area (Å²) >= 11 is 0. The van der Waals surface area contributed by atoms with Crippen LogP contribution in [0.5, 0.6) is 0 Å². The van der Waals surface area contributed by atoms with Gasteiger partial charge in [-0.3, -0.25) is 0 Å². The molecule has 0 aromatic heterocycles. The fourth-order valence-electron chi connectivity index (χ4n) is 1.26. The second kappa shape index (κ2) is 5.78. The number of rotatable bonds is 4. The molecule has 0 bridgehead atoms. The summed E-state index contributed by atoms with van der Waals surface area (Å²) in [6, 6.07) is 8.38. The maximum atomic E-state index is 5.07. The summed E-state index contributed by atoms with van der Waals surface area (Å²) in [5, 5.41) is 0. The third kappa shape index (κ3) is 3.29. The van der Waals surface area contributed by atoms with E-state index in [0.29, 0.717) is 13.1 Å². The molecule has 0 heterocycles. The molecule has 0 spiro atoms. The van der Waals surface area contributed by atoms with Gasteiger partial charge in [-0.05, 0) is 11.1 Å². The van der Waals surface area contributed by atoms with Gasteiger partial charge in [0.15, 0.2) is 0 Å². The van der Waals surface area contributed by atoms with Crippen molar-refractivity contribution in [2.45, 2.75) is 12.8 Å². The van der Waals surface area contributed by atoms with E-state index in [0.717, 1.165) is 12.8 Å². The molecule has 1 aromatic rings. The zero-order valence-electron chi connectivity index (χ0n) is 8.19. The van der Waals surface area contributed by atoms with Gasteiger partial charge in [-0.1, -0.05) is 34.0 Å². The Bertz CT molecular complexity index is 314. The molecule has 2 nitrogen and oxygen atoms in total. The maximum absolute atomic E-state index is 5.07. The second-order valence-electron chi connectivity index (χ2n) is 3.13. The fraction of sp³-hybridized carbons (Fsp3) is 0.333. The number of nitrogens with zero attached hydrogens (tertiary/aromatic N) is 2. The van der Waals surface area contributed by atoms with Crippen molar-refractivity contribution in [3.05, 3.63) is 45.1 Å². The predicted octanol–water partition coefficient (Wildman–Crippen LogP) is 2.70. The predicted molar refractivity (Wildman–Crippen MR) is 60.2 cm³/mol. The normalized spacial score (nSPS) is 9.00. The number of benzene rings is 1. The summed E-state index contributed by atoms with van der Waals surface area (Å²) < 4.78 is 0. The Morgan fingerprint density at radius 2 is 1.14 bits per heavy atom. The molecule has 0 fully saturated rings. The average molecular weight is 186 g/mol. The molecular formula is C12H14N2+2. The van der Waals surface area contributed by atoms with Crippen LogP contribution in [0.4, 0.5) is 0 Å². The van der Waals surface area contributed by atoms with Crippen LogP contribution in [-0.4, -0.2) is 13.1 Å². The first kappa shape index (κ1) is 10.3. The van der Waals surface area contributed by atoms with E-state index in [9.17, 15) is 0 Å². The van der Waals surface area contributed by atoms with E-state index in [1.165, 1.54) is 11.1 Å². The first-order valence-electron chi connectivity index (χ1n) is 4.68. The standard InChI is InChI=1S/C12H14N2/c1-13-9-7-11-3-5-12(6-4-11)8-10-14-2/h1-6H,7-10H2/q+2. The molecule has 0 saturated carbocycles. The Labute approximate surface area is 84.8 Å². The van der Waals surface area contributed by atoms with E-state index in [-0.39, 0.29) is 0 Å². The highest BCUT2D eigenvalue weighted by Crippen LogP contribution is 2.06. The van der Waals surface area contributed by atoms with Crippen LogP contribution in [0.15, 0.2) is 24.3 Å². The van der Waals surface area contributed by atoms with Crippen LogP contribution in [0.25, 0.3) is 9.69 Å². The first-order valence-corrected chi connectivity index (χ1v) is 4.68. The Morgan fingerprint density at radius 3 is 1.43 bits per heavy atom. The molecule has 0 aliphatic heterocycles. The van der Waals surface area contributed by atoms with Gasteiger partial charge in [0.1, 0.15) is 0 Å². The van der Waals surface area contributed by atoms with Crippen LogP contribution in [0.3, 0.4) is 0 Å². The summed E-state index contributed by atoms with van der Waals surface area (Å²) in [4.78, 5) is 7.14. The molecule has 0 saturated heterocycles. The minimum Gasteiger partial charge on any atom is -0.0866 e. The van der Waals surface area contributed by atoms with Crippen molar-refractivity contribution in [3.8, 4) is 13.1 Å². The first-order chi connectivity index (χ1) is 6.86. The molecule has 1 aromatic carbocycles. The highest BCUT2D eigenvalue weighted by atomic mass is 14.6. The van der Waals surface area contributed by atoms with Crippen molar-refractivity contribution in [2.75, 3.05) is 13.1 Å². The van der Waals surface area contributed by atoms with Gasteiger partial charge in [-0.2, -0.15) is 0 Å². The fourth-order valence-corrected chi connectivity index (χ4v) is 1.26. The van der Waals surface area contributed by atoms with Crippen molar-refractivity contribution in [1.29, 1.82) is 0 Å². The molecule has 70 valence electrons. The molecule has 0 radical (unpaired) electrons. The van der Waals surface area contributed by atoms with Gasteiger partial charge in [0, 0.05) is 12.8 Å². The van der Waals surface area contributed by atoms with Crippen molar-refractivity contribution in [1.82, 2.24) is 0 Å². The lowest BCUT2D eigenvalue weighted by Gasteiger charge is -1.97. The zero-order valence-corrected chi connectivity index (χ0v) is 8.19. The molecule has 0 aliphatic carbocycles. The zero-order chi connectivity index (χ0) is 10.2. The molecule has 14 heavy (non-hydrogen) atoms. The van der Waals surface area contributed by atoms with Crippen LogP contribution in [-0.2, 0) is 12.8 Å². The third-order valence-electron chi connectivity index (χ3n) is 2.08. The van der Waals surface area contributed by atoms with Gasteiger partial charge >= 0.3 is 0 Å². The van der Waals surface area contributed by atoms with Crippen LogP contribution in [0.1, 0.15) is 11.1 Å². The SMILES string of the molecule is C#[N+]CCc1ccc(CC[N+]#C)cc1. The molecule has 1 rings (SSSR count). The van der Waals surface area contributed by atoms with Crippen molar-refractivity contribution in [2.24, 2.45) is 0 Å². The summed E-state index contributed by atoms with van der Waals surface area (Å²) in [7, 11) is 0. The van der Waals surface area contributed by atoms with Gasteiger partial charge in [0.25, 0.3) is 26.2 Å². The topological polar surface area (TPSA) is 8.72 Å². The second-order valence-corrected chi connectivity index (χ2v) is 3.13. The van der Waals surface area contributed by atoms with Crippen molar-refractivity contribution in [3.63, 3.8) is 0 Å². The molecule has 0 atom stereocenters. The van der Waals surface area contributed by atoms with E-state index in [1.54, 1.807) is 0 Å². The third-order valence-corrected chi connectivity index (χ3v) is 2.08. The summed E-state index contributed by atoms with van der Waals surface area (Å²) in [5.74, 6) is 0. The van der Waals surface area contributed by atoms with Crippen LogP contribution < -0.4 is 0 Å². The molecule has 0 amide bonds. The van der Waals surface area contributed by atoms with Gasteiger partial charge < -0.3 is 0 Å². The highest BCUT2D eigenvalue weighted by molar-refractivity contribution is 5.23. The number of hydrogen-bond acceptors (Lipinski definition) is 0. The van der Waals surface area contributed by atoms with E-state index in [2.05, 4.69) is 34.0 Å². The quantitative estimate of drug-likeness (QED) is 0.683. The van der Waals surface area contributed by atoms with Crippen LogP contribution in [0, 0.1) is 13.1 Å². The molecule has 0 aliphatic rings. The molecular weight excluding hydrogens is 172 g/mol. The largest absolute Gasteiger partial charge is 0.267 e. The molecule has 0 unspecified atom stereocenters. The van der Waals surface area contributed by atoms with Crippen LogP contribution in [0.2, 0.25) is 0 Å². The van der Waals surface area contributed by atoms with Crippen molar-refractivity contribution < 1.29 is 0 Å². The minimum atomic E-state index is 0.678. The lowest BCUT2D eigenvalue weighted by molar-refractivity contribution is 1.05. The number of hydrogen-bond donors (Lipinski definition) is 0. The monoisotopic (exact) mass is 186 g/mol. The molecule has 0 N–H and O–H groups in total. The lowest BCUT2D eigenvalue weighted by atomic mass is 10.1. The maximum Gasteiger partial charge on any atom is 0.267 e. The summed E-state index contributed by atoms with van der Waals surface area (Å²) in [6.45, 7) is 11.5. The Balaban J connectivity index is 2.52.